The van der Waals surface area contributed by atoms with Gasteiger partial charge in [0.05, 0.1) is 13.1 Å². The minimum atomic E-state index is -0.0747. The van der Waals surface area contributed by atoms with Crippen LogP contribution in [0.2, 0.25) is 0 Å². The summed E-state index contributed by atoms with van der Waals surface area (Å²) in [5.74, 6) is 2.75. The van der Waals surface area contributed by atoms with Crippen LogP contribution in [0, 0.1) is 0 Å². The van der Waals surface area contributed by atoms with Crippen molar-refractivity contribution >= 4 is 11.8 Å². The fraction of sp³-hybridized carbons (Fsp3) is 0.448. The van der Waals surface area contributed by atoms with Gasteiger partial charge in [0.2, 0.25) is 12.7 Å². The largest absolute Gasteiger partial charge is 0.454 e. The zero-order chi connectivity index (χ0) is 26.5. The molecule has 4 heterocycles. The van der Waals surface area contributed by atoms with Crippen LogP contribution in [-0.4, -0.2) is 70.6 Å². The normalized spacial score (nSPS) is 15.2. The molecule has 9 heteroatoms. The van der Waals surface area contributed by atoms with Crippen LogP contribution in [0.5, 0.6) is 11.5 Å². The highest BCUT2D eigenvalue weighted by Gasteiger charge is 2.25. The lowest BCUT2D eigenvalue weighted by Crippen LogP contribution is -2.48. The predicted molar refractivity (Wildman–Crippen MR) is 142 cm³/mol. The number of nitrogens with zero attached hydrogens (tertiary/aromatic N) is 4. The number of hydrogen-bond donors (Lipinski definition) is 0. The second kappa shape index (κ2) is 11.8. The zero-order valence-corrected chi connectivity index (χ0v) is 22.2. The number of fused-ring (bicyclic) bond motifs is 1. The molecule has 0 aliphatic carbocycles. The molecule has 3 aromatic rings. The van der Waals surface area contributed by atoms with E-state index in [4.69, 9.17) is 13.9 Å². The van der Waals surface area contributed by atoms with Gasteiger partial charge in [0.15, 0.2) is 17.3 Å². The molecule has 1 saturated heterocycles. The molecule has 0 unspecified atom stereocenters. The number of carbonyl (C=O) groups is 2. The summed E-state index contributed by atoms with van der Waals surface area (Å²) < 4.78 is 18.9. The number of piperazine rings is 1. The molecule has 0 bridgehead atoms. The van der Waals surface area contributed by atoms with Crippen LogP contribution < -0.4 is 9.47 Å². The maximum Gasteiger partial charge on any atom is 0.289 e. The maximum atomic E-state index is 13.1. The van der Waals surface area contributed by atoms with E-state index in [-0.39, 0.29) is 18.6 Å². The molecule has 5 rings (SSSR count). The highest BCUT2D eigenvalue weighted by molar-refractivity contribution is 5.91. The highest BCUT2D eigenvalue weighted by atomic mass is 16.7. The van der Waals surface area contributed by atoms with Gasteiger partial charge < -0.3 is 28.3 Å². The molecule has 9 nitrogen and oxygen atoms in total. The molecule has 0 saturated carbocycles. The van der Waals surface area contributed by atoms with E-state index in [1.54, 1.807) is 6.07 Å². The lowest BCUT2D eigenvalue weighted by Gasteiger charge is -2.34. The Bertz CT molecular complexity index is 1260. The Balaban J connectivity index is 1.14. The third-order valence-corrected chi connectivity index (χ3v) is 7.13. The molecular weight excluding hydrogens is 484 g/mol. The van der Waals surface area contributed by atoms with E-state index in [0.29, 0.717) is 38.4 Å². The van der Waals surface area contributed by atoms with Crippen molar-refractivity contribution in [2.45, 2.75) is 46.3 Å². The van der Waals surface area contributed by atoms with Gasteiger partial charge >= 0.3 is 0 Å². The molecule has 0 radical (unpaired) electrons. The Kier molecular flexibility index (Phi) is 8.03. The predicted octanol–water partition coefficient (Wildman–Crippen LogP) is 3.96. The Hall–Kier alpha value is -3.72. The average molecular weight is 521 g/mol. The third kappa shape index (κ3) is 5.88. The molecule has 202 valence electrons. The minimum absolute atomic E-state index is 0.0747. The molecule has 0 spiro atoms. The van der Waals surface area contributed by atoms with Crippen LogP contribution in [-0.2, 0) is 24.4 Å². The highest BCUT2D eigenvalue weighted by Crippen LogP contribution is 2.33. The first kappa shape index (κ1) is 25.9. The second-order valence-electron chi connectivity index (χ2n) is 9.82. The number of ether oxygens (including phenoxy) is 2. The monoisotopic (exact) mass is 520 g/mol. The van der Waals surface area contributed by atoms with Crippen molar-refractivity contribution in [2.24, 2.45) is 0 Å². The van der Waals surface area contributed by atoms with E-state index in [1.807, 2.05) is 53.3 Å². The standard InChI is InChI=1S/C29H36N4O5/c1-3-11-33(28(34)4-2)19-23-6-5-12-32(23)20-24-8-10-26(38-24)29(35)31-15-13-30(14-16-31)18-22-7-9-25-27(17-22)37-21-36-25/h5-10,12,17H,3-4,11,13-16,18-21H2,1-2H3. The third-order valence-electron chi connectivity index (χ3n) is 7.13. The van der Waals surface area contributed by atoms with Crippen LogP contribution in [0.3, 0.4) is 0 Å². The van der Waals surface area contributed by atoms with Crippen LogP contribution in [0.15, 0.2) is 53.1 Å². The summed E-state index contributed by atoms with van der Waals surface area (Å²) in [5.41, 5.74) is 2.22. The average Bonchev–Trinajstić information content (AvgIpc) is 3.70. The van der Waals surface area contributed by atoms with Gasteiger partial charge in [0, 0.05) is 57.6 Å². The summed E-state index contributed by atoms with van der Waals surface area (Å²) in [6, 6.07) is 13.7. The lowest BCUT2D eigenvalue weighted by molar-refractivity contribution is -0.131. The first-order chi connectivity index (χ1) is 18.5. The minimum Gasteiger partial charge on any atom is -0.454 e. The summed E-state index contributed by atoms with van der Waals surface area (Å²) in [4.78, 5) is 31.6. The molecule has 2 aliphatic heterocycles. The molecule has 2 aromatic heterocycles. The quantitative estimate of drug-likeness (QED) is 0.403. The molecule has 1 aromatic carbocycles. The molecular formula is C29H36N4O5. The number of benzene rings is 1. The van der Waals surface area contributed by atoms with Crippen molar-refractivity contribution in [1.82, 2.24) is 19.3 Å². The molecule has 1 fully saturated rings. The van der Waals surface area contributed by atoms with Gasteiger partial charge in [-0.1, -0.05) is 19.9 Å². The van der Waals surface area contributed by atoms with Crippen LogP contribution in [0.1, 0.15) is 54.3 Å². The number of hydrogen-bond acceptors (Lipinski definition) is 6. The number of rotatable bonds is 10. The van der Waals surface area contributed by atoms with Gasteiger partial charge in [-0.2, -0.15) is 0 Å². The number of furan rings is 1. The number of carbonyl (C=O) groups excluding carboxylic acids is 2. The molecule has 0 N–H and O–H groups in total. The first-order valence-corrected chi connectivity index (χ1v) is 13.4. The van der Waals surface area contributed by atoms with Gasteiger partial charge in [-0.15, -0.1) is 0 Å². The summed E-state index contributed by atoms with van der Waals surface area (Å²) in [7, 11) is 0. The molecule has 2 amide bonds. The van der Waals surface area contributed by atoms with E-state index in [9.17, 15) is 9.59 Å². The van der Waals surface area contributed by atoms with Crippen molar-refractivity contribution in [3.05, 3.63) is 71.4 Å². The summed E-state index contributed by atoms with van der Waals surface area (Å²) in [6.45, 7) is 9.77. The van der Waals surface area contributed by atoms with Gasteiger partial charge in [-0.05, 0) is 48.4 Å². The second-order valence-corrected chi connectivity index (χ2v) is 9.82. The van der Waals surface area contributed by atoms with Gasteiger partial charge in [-0.3, -0.25) is 14.5 Å². The van der Waals surface area contributed by atoms with Crippen molar-refractivity contribution in [3.8, 4) is 11.5 Å². The van der Waals surface area contributed by atoms with Crippen molar-refractivity contribution < 1.29 is 23.5 Å². The van der Waals surface area contributed by atoms with E-state index >= 15 is 0 Å². The van der Waals surface area contributed by atoms with Crippen LogP contribution in [0.4, 0.5) is 0 Å². The van der Waals surface area contributed by atoms with Gasteiger partial charge in [0.1, 0.15) is 5.76 Å². The van der Waals surface area contributed by atoms with Crippen LogP contribution >= 0.6 is 0 Å². The lowest BCUT2D eigenvalue weighted by atomic mass is 10.1. The fourth-order valence-electron chi connectivity index (χ4n) is 5.04. The van der Waals surface area contributed by atoms with E-state index < -0.39 is 0 Å². The smallest absolute Gasteiger partial charge is 0.289 e. The summed E-state index contributed by atoms with van der Waals surface area (Å²) in [5, 5.41) is 0. The Morgan fingerprint density at radius 2 is 1.76 bits per heavy atom. The Morgan fingerprint density at radius 1 is 0.947 bits per heavy atom. The van der Waals surface area contributed by atoms with E-state index in [0.717, 1.165) is 55.6 Å². The zero-order valence-electron chi connectivity index (χ0n) is 22.2. The maximum absolute atomic E-state index is 13.1. The van der Waals surface area contributed by atoms with Gasteiger partial charge in [-0.25, -0.2) is 0 Å². The van der Waals surface area contributed by atoms with Gasteiger partial charge in [0.25, 0.3) is 5.91 Å². The van der Waals surface area contributed by atoms with E-state index in [2.05, 4.69) is 22.5 Å². The SMILES string of the molecule is CCCN(Cc1cccn1Cc1ccc(C(=O)N2CCN(Cc3ccc4c(c3)OCO4)CC2)o1)C(=O)CC. The number of aromatic nitrogens is 1. The van der Waals surface area contributed by atoms with E-state index in [1.165, 1.54) is 5.56 Å². The van der Waals surface area contributed by atoms with Crippen molar-refractivity contribution in [2.75, 3.05) is 39.5 Å². The fourth-order valence-corrected chi connectivity index (χ4v) is 5.04. The Morgan fingerprint density at radius 3 is 2.55 bits per heavy atom. The molecule has 0 atom stereocenters. The summed E-state index contributed by atoms with van der Waals surface area (Å²) in [6.07, 6.45) is 3.40. The topological polar surface area (TPSA) is 80.4 Å². The Labute approximate surface area is 223 Å². The van der Waals surface area contributed by atoms with Crippen molar-refractivity contribution in [1.29, 1.82) is 0 Å². The number of amides is 2. The van der Waals surface area contributed by atoms with Crippen molar-refractivity contribution in [3.63, 3.8) is 0 Å². The molecule has 2 aliphatic rings. The van der Waals surface area contributed by atoms with Crippen LogP contribution in [0.25, 0.3) is 0 Å². The summed E-state index contributed by atoms with van der Waals surface area (Å²) >= 11 is 0. The first-order valence-electron chi connectivity index (χ1n) is 13.4. The molecule has 38 heavy (non-hydrogen) atoms.